The predicted molar refractivity (Wildman–Crippen MR) is 33.7 cm³/mol. The lowest BCUT2D eigenvalue weighted by Gasteiger charge is -1.92. The summed E-state index contributed by atoms with van der Waals surface area (Å²) >= 11 is 0. The van der Waals surface area contributed by atoms with Gasteiger partial charge in [-0.3, -0.25) is 4.79 Å². The third-order valence-corrected chi connectivity index (χ3v) is 1.03. The Kier molecular flexibility index (Phi) is 2.04. The zero-order valence-electron chi connectivity index (χ0n) is 5.33. The van der Waals surface area contributed by atoms with Crippen molar-refractivity contribution in [3.8, 4) is 0 Å². The van der Waals surface area contributed by atoms with Gasteiger partial charge in [0.1, 0.15) is 19.4 Å². The van der Waals surface area contributed by atoms with Crippen molar-refractivity contribution >= 4 is 5.97 Å². The molecule has 0 amide bonds. The fraction of sp³-hybridized carbons (Fsp3) is 0.167. The number of imidazole rings is 1. The number of H-pyrrole nitrogens is 1. The summed E-state index contributed by atoms with van der Waals surface area (Å²) in [4.78, 5) is 17.1. The van der Waals surface area contributed by atoms with Crippen molar-refractivity contribution in [2.24, 2.45) is 0 Å². The summed E-state index contributed by atoms with van der Waals surface area (Å²) in [6.07, 6.45) is 3.37. The first-order valence-electron chi connectivity index (χ1n) is 2.76. The minimum Gasteiger partial charge on any atom is -0.462 e. The lowest BCUT2D eigenvalue weighted by Crippen LogP contribution is -2.04. The summed E-state index contributed by atoms with van der Waals surface area (Å²) < 4.78 is 4.17. The third-order valence-electron chi connectivity index (χ3n) is 1.03. The van der Waals surface area contributed by atoms with Gasteiger partial charge >= 0.3 is 5.97 Å². The van der Waals surface area contributed by atoms with Gasteiger partial charge in [-0.25, -0.2) is 4.98 Å². The highest BCUT2D eigenvalue weighted by molar-refractivity contribution is 5.71. The monoisotopic (exact) mass is 139 g/mol. The van der Waals surface area contributed by atoms with Gasteiger partial charge in [-0.2, -0.15) is 0 Å². The number of ether oxygens (including phenoxy) is 1. The highest BCUT2D eigenvalue weighted by Gasteiger charge is 2.02. The van der Waals surface area contributed by atoms with E-state index in [0.29, 0.717) is 5.82 Å². The number of nitrogens with zero attached hydrogens (tertiary/aromatic N) is 1. The Hall–Kier alpha value is -1.32. The number of aromatic nitrogens is 2. The Morgan fingerprint density at radius 1 is 1.90 bits per heavy atom. The van der Waals surface area contributed by atoms with Gasteiger partial charge in [-0.15, -0.1) is 0 Å². The highest BCUT2D eigenvalue weighted by atomic mass is 16.5. The molecule has 0 saturated heterocycles. The normalized spacial score (nSPS) is 9.30. The van der Waals surface area contributed by atoms with Crippen LogP contribution in [0.4, 0.5) is 0 Å². The van der Waals surface area contributed by atoms with Crippen molar-refractivity contribution in [2.75, 3.05) is 0 Å². The van der Waals surface area contributed by atoms with Gasteiger partial charge in [0.15, 0.2) is 0 Å². The van der Waals surface area contributed by atoms with Crippen LogP contribution in [0.15, 0.2) is 12.4 Å². The first kappa shape index (κ1) is 6.80. The van der Waals surface area contributed by atoms with Gasteiger partial charge in [0, 0.05) is 12.4 Å². The van der Waals surface area contributed by atoms with Crippen molar-refractivity contribution in [1.29, 1.82) is 0 Å². The second-order valence-electron chi connectivity index (χ2n) is 1.73. The highest BCUT2D eigenvalue weighted by Crippen LogP contribution is 1.91. The van der Waals surface area contributed by atoms with E-state index in [2.05, 4.69) is 21.8 Å². The second-order valence-corrected chi connectivity index (χ2v) is 1.73. The summed E-state index contributed by atoms with van der Waals surface area (Å²) in [7, 11) is 2.97. The molecule has 0 aliphatic carbocycles. The fourth-order valence-electron chi connectivity index (χ4n) is 0.582. The van der Waals surface area contributed by atoms with Crippen LogP contribution in [-0.2, 0) is 16.0 Å². The summed E-state index contributed by atoms with van der Waals surface area (Å²) in [6.45, 7) is 0. The lowest BCUT2D eigenvalue weighted by atomic mass is 10.4. The number of carbonyl (C=O) groups is 1. The summed E-state index contributed by atoms with van der Waals surface area (Å²) in [5.41, 5.74) is 0. The standard InChI is InChI=1S/C6H7N2O2/c1-10-6(9)4-5-7-2-3-8-5/h2-3H,1,4H2,(H,7,8). The molecule has 0 unspecified atom stereocenters. The van der Waals surface area contributed by atoms with Gasteiger partial charge in [-0.05, 0) is 0 Å². The van der Waals surface area contributed by atoms with E-state index in [0.717, 1.165) is 0 Å². The largest absolute Gasteiger partial charge is 0.462 e. The van der Waals surface area contributed by atoms with E-state index in [-0.39, 0.29) is 6.42 Å². The molecule has 0 bridgehead atoms. The first-order valence-corrected chi connectivity index (χ1v) is 2.76. The molecule has 1 aromatic heterocycles. The van der Waals surface area contributed by atoms with Gasteiger partial charge in [0.2, 0.25) is 0 Å². The maximum Gasteiger partial charge on any atom is 0.313 e. The van der Waals surface area contributed by atoms with Crippen LogP contribution in [-0.4, -0.2) is 15.9 Å². The van der Waals surface area contributed by atoms with E-state index in [4.69, 9.17) is 0 Å². The quantitative estimate of drug-likeness (QED) is 0.599. The zero-order valence-corrected chi connectivity index (χ0v) is 5.33. The molecule has 0 aromatic carbocycles. The van der Waals surface area contributed by atoms with Crippen molar-refractivity contribution in [1.82, 2.24) is 9.97 Å². The van der Waals surface area contributed by atoms with Crippen LogP contribution in [0, 0.1) is 7.11 Å². The third kappa shape index (κ3) is 1.58. The smallest absolute Gasteiger partial charge is 0.313 e. The fourth-order valence-corrected chi connectivity index (χ4v) is 0.582. The number of aromatic amines is 1. The molecule has 0 aliphatic rings. The van der Waals surface area contributed by atoms with Crippen molar-refractivity contribution in [2.45, 2.75) is 6.42 Å². The van der Waals surface area contributed by atoms with Crippen molar-refractivity contribution < 1.29 is 9.53 Å². The van der Waals surface area contributed by atoms with Gasteiger partial charge in [0.25, 0.3) is 0 Å². The van der Waals surface area contributed by atoms with E-state index < -0.39 is 5.97 Å². The van der Waals surface area contributed by atoms with Gasteiger partial charge in [0.05, 0.1) is 0 Å². The number of nitrogens with one attached hydrogen (secondary N) is 1. The minimum absolute atomic E-state index is 0.149. The molecule has 1 heterocycles. The summed E-state index contributed by atoms with van der Waals surface area (Å²) in [5, 5.41) is 0. The summed E-state index contributed by atoms with van der Waals surface area (Å²) in [6, 6.07) is 0. The number of hydrogen-bond acceptors (Lipinski definition) is 3. The SMILES string of the molecule is [CH2]OC(=O)Cc1ncc[nH]1. The maximum absolute atomic E-state index is 10.5. The van der Waals surface area contributed by atoms with Crippen LogP contribution >= 0.6 is 0 Å². The predicted octanol–water partition coefficient (Wildman–Crippen LogP) is 0.287. The Morgan fingerprint density at radius 2 is 2.70 bits per heavy atom. The van der Waals surface area contributed by atoms with Crippen molar-refractivity contribution in [3.05, 3.63) is 25.3 Å². The number of rotatable bonds is 2. The molecule has 10 heavy (non-hydrogen) atoms. The molecule has 0 spiro atoms. The average molecular weight is 139 g/mol. The molecule has 1 rings (SSSR count). The maximum atomic E-state index is 10.5. The Balaban J connectivity index is 2.48. The van der Waals surface area contributed by atoms with E-state index in [1.165, 1.54) is 0 Å². The van der Waals surface area contributed by atoms with Crippen LogP contribution in [0.3, 0.4) is 0 Å². The molecule has 4 heteroatoms. The Bertz CT molecular complexity index is 206. The molecular weight excluding hydrogens is 132 g/mol. The molecule has 53 valence electrons. The topological polar surface area (TPSA) is 55.0 Å². The number of hydrogen-bond donors (Lipinski definition) is 1. The minimum atomic E-state index is -0.394. The Morgan fingerprint density at radius 3 is 3.20 bits per heavy atom. The molecule has 1 N–H and O–H groups in total. The molecule has 1 aromatic rings. The van der Waals surface area contributed by atoms with Gasteiger partial charge < -0.3 is 9.72 Å². The average Bonchev–Trinajstić information content (AvgIpc) is 2.40. The van der Waals surface area contributed by atoms with Crippen LogP contribution in [0.25, 0.3) is 0 Å². The lowest BCUT2D eigenvalue weighted by molar-refractivity contribution is -0.137. The van der Waals surface area contributed by atoms with Crippen LogP contribution in [0.1, 0.15) is 5.82 Å². The first-order chi connectivity index (χ1) is 4.83. The molecular formula is C6H7N2O2. The molecule has 0 aliphatic heterocycles. The van der Waals surface area contributed by atoms with E-state index in [1.54, 1.807) is 12.4 Å². The summed E-state index contributed by atoms with van der Waals surface area (Å²) in [5.74, 6) is 0.198. The van der Waals surface area contributed by atoms with Crippen LogP contribution < -0.4 is 0 Å². The van der Waals surface area contributed by atoms with Crippen LogP contribution in [0.5, 0.6) is 0 Å². The molecule has 0 fully saturated rings. The molecule has 4 nitrogen and oxygen atoms in total. The zero-order chi connectivity index (χ0) is 7.40. The van der Waals surface area contributed by atoms with Crippen LogP contribution in [0.2, 0.25) is 0 Å². The van der Waals surface area contributed by atoms with E-state index in [1.807, 2.05) is 0 Å². The molecule has 0 saturated carbocycles. The van der Waals surface area contributed by atoms with E-state index in [9.17, 15) is 4.79 Å². The molecule has 1 radical (unpaired) electrons. The Labute approximate surface area is 58.2 Å². The second kappa shape index (κ2) is 3.00. The van der Waals surface area contributed by atoms with Gasteiger partial charge in [-0.1, -0.05) is 0 Å². The van der Waals surface area contributed by atoms with E-state index >= 15 is 0 Å². The molecule has 0 atom stereocenters. The van der Waals surface area contributed by atoms with Crippen molar-refractivity contribution in [3.63, 3.8) is 0 Å². The number of carbonyl (C=O) groups excluding carboxylic acids is 1. The number of esters is 1.